The third-order valence-electron chi connectivity index (χ3n) is 2.12. The molecule has 1 heterocycles. The number of ether oxygens (including phenoxy) is 1. The van der Waals surface area contributed by atoms with Crippen LogP contribution in [0, 0.1) is 5.92 Å². The zero-order valence-corrected chi connectivity index (χ0v) is 6.85. The molecule has 1 rings (SSSR count). The van der Waals surface area contributed by atoms with Crippen LogP contribution >= 0.6 is 11.6 Å². The summed E-state index contributed by atoms with van der Waals surface area (Å²) in [6.07, 6.45) is 0.569. The lowest BCUT2D eigenvalue weighted by Crippen LogP contribution is -2.16. The van der Waals surface area contributed by atoms with E-state index in [1.165, 1.54) is 0 Å². The molecule has 0 radical (unpaired) electrons. The number of alkyl halides is 1. The molecule has 1 aliphatic heterocycles. The van der Waals surface area contributed by atoms with Crippen molar-refractivity contribution in [3.8, 4) is 0 Å². The normalized spacial score (nSPS) is 52.0. The molecule has 1 fully saturated rings. The van der Waals surface area contributed by atoms with Crippen molar-refractivity contribution in [3.05, 3.63) is 0 Å². The van der Waals surface area contributed by atoms with Crippen molar-refractivity contribution in [3.63, 3.8) is 0 Å². The topological polar surface area (TPSA) is 9.23 Å². The predicted molar refractivity (Wildman–Crippen MR) is 38.8 cm³/mol. The molecular formula is C7H13ClO. The van der Waals surface area contributed by atoms with Gasteiger partial charge < -0.3 is 4.74 Å². The van der Waals surface area contributed by atoms with Crippen molar-refractivity contribution in [2.75, 3.05) is 0 Å². The Hall–Kier alpha value is 0.250. The van der Waals surface area contributed by atoms with Crippen LogP contribution in [0.2, 0.25) is 0 Å². The Balaban J connectivity index is 2.54. The molecule has 54 valence electrons. The molecule has 9 heavy (non-hydrogen) atoms. The minimum absolute atomic E-state index is 0.208. The number of rotatable bonds is 0. The van der Waals surface area contributed by atoms with Gasteiger partial charge in [0.1, 0.15) is 0 Å². The highest BCUT2D eigenvalue weighted by Gasteiger charge is 2.34. The Morgan fingerprint density at radius 2 is 1.67 bits per heavy atom. The van der Waals surface area contributed by atoms with Crippen LogP contribution in [0.1, 0.15) is 20.8 Å². The molecule has 0 aromatic heterocycles. The first-order valence-electron chi connectivity index (χ1n) is 3.42. The predicted octanol–water partition coefficient (Wildman–Crippen LogP) is 2.04. The lowest BCUT2D eigenvalue weighted by molar-refractivity contribution is 0.0584. The van der Waals surface area contributed by atoms with E-state index in [1.54, 1.807) is 0 Å². The van der Waals surface area contributed by atoms with Gasteiger partial charge in [-0.3, -0.25) is 0 Å². The molecule has 0 bridgehead atoms. The Bertz CT molecular complexity index is 93.1. The second-order valence-electron chi connectivity index (χ2n) is 2.85. The quantitative estimate of drug-likeness (QED) is 0.478. The molecule has 0 spiro atoms. The monoisotopic (exact) mass is 148 g/mol. The van der Waals surface area contributed by atoms with Gasteiger partial charge in [0.15, 0.2) is 0 Å². The largest absolute Gasteiger partial charge is 0.374 e. The summed E-state index contributed by atoms with van der Waals surface area (Å²) in [5.41, 5.74) is 0. The van der Waals surface area contributed by atoms with Crippen LogP contribution in [0.4, 0.5) is 0 Å². The molecule has 0 N–H and O–H groups in total. The summed E-state index contributed by atoms with van der Waals surface area (Å²) in [4.78, 5) is 0. The molecule has 0 unspecified atom stereocenters. The highest BCUT2D eigenvalue weighted by atomic mass is 35.5. The van der Waals surface area contributed by atoms with Crippen LogP contribution in [-0.2, 0) is 4.74 Å². The van der Waals surface area contributed by atoms with Gasteiger partial charge in [0, 0.05) is 5.92 Å². The van der Waals surface area contributed by atoms with Crippen LogP contribution in [0.15, 0.2) is 0 Å². The molecule has 1 nitrogen and oxygen atoms in total. The van der Waals surface area contributed by atoms with Gasteiger partial charge in [0.2, 0.25) is 0 Å². The standard InChI is InChI=1S/C7H13ClO/c1-4-5(2)9-6(3)7(4)8/h4-7H,1-3H3/t4-,5-,6+,7+/m0/s1. The van der Waals surface area contributed by atoms with Gasteiger partial charge in [-0.15, -0.1) is 11.6 Å². The fraction of sp³-hybridized carbons (Fsp3) is 1.00. The molecule has 0 amide bonds. The van der Waals surface area contributed by atoms with Crippen molar-refractivity contribution < 1.29 is 4.74 Å². The minimum Gasteiger partial charge on any atom is -0.374 e. The summed E-state index contributed by atoms with van der Waals surface area (Å²) in [6, 6.07) is 0. The molecular weight excluding hydrogens is 136 g/mol. The van der Waals surface area contributed by atoms with Gasteiger partial charge in [-0.2, -0.15) is 0 Å². The average molecular weight is 149 g/mol. The summed E-state index contributed by atoms with van der Waals surface area (Å²) in [5.74, 6) is 0.502. The molecule has 4 atom stereocenters. The van der Waals surface area contributed by atoms with E-state index in [9.17, 15) is 0 Å². The van der Waals surface area contributed by atoms with Crippen molar-refractivity contribution in [2.24, 2.45) is 5.92 Å². The fourth-order valence-corrected chi connectivity index (χ4v) is 1.49. The molecule has 0 aromatic rings. The summed E-state index contributed by atoms with van der Waals surface area (Å²) in [6.45, 7) is 6.23. The Kier molecular flexibility index (Phi) is 2.02. The van der Waals surface area contributed by atoms with Gasteiger partial charge in [0.25, 0.3) is 0 Å². The van der Waals surface area contributed by atoms with Crippen molar-refractivity contribution >= 4 is 11.6 Å². The first kappa shape index (κ1) is 7.36. The summed E-state index contributed by atoms with van der Waals surface area (Å²) >= 11 is 5.98. The van der Waals surface area contributed by atoms with Gasteiger partial charge in [0.05, 0.1) is 17.6 Å². The van der Waals surface area contributed by atoms with E-state index in [2.05, 4.69) is 13.8 Å². The molecule has 2 heteroatoms. The van der Waals surface area contributed by atoms with Crippen molar-refractivity contribution in [1.29, 1.82) is 0 Å². The van der Waals surface area contributed by atoms with Gasteiger partial charge in [-0.1, -0.05) is 6.92 Å². The van der Waals surface area contributed by atoms with Crippen LogP contribution in [-0.4, -0.2) is 17.6 Å². The maximum atomic E-state index is 5.98. The second-order valence-corrected chi connectivity index (χ2v) is 3.35. The second kappa shape index (κ2) is 2.47. The zero-order chi connectivity index (χ0) is 7.02. The Morgan fingerprint density at radius 3 is 1.78 bits per heavy atom. The fourth-order valence-electron chi connectivity index (χ4n) is 1.22. The number of halogens is 1. The van der Waals surface area contributed by atoms with Gasteiger partial charge in [-0.25, -0.2) is 0 Å². The molecule has 1 saturated heterocycles. The summed E-state index contributed by atoms with van der Waals surface area (Å²) in [5, 5.41) is 0.208. The minimum atomic E-state index is 0.208. The lowest BCUT2D eigenvalue weighted by Gasteiger charge is -2.08. The Labute approximate surface area is 61.3 Å². The van der Waals surface area contributed by atoms with Crippen LogP contribution in [0.3, 0.4) is 0 Å². The van der Waals surface area contributed by atoms with Gasteiger partial charge >= 0.3 is 0 Å². The molecule has 0 saturated carbocycles. The maximum absolute atomic E-state index is 5.98. The number of hydrogen-bond acceptors (Lipinski definition) is 1. The summed E-state index contributed by atoms with van der Waals surface area (Å²) in [7, 11) is 0. The third kappa shape index (κ3) is 1.22. The maximum Gasteiger partial charge on any atom is 0.0717 e. The van der Waals surface area contributed by atoms with E-state index < -0.39 is 0 Å². The van der Waals surface area contributed by atoms with Crippen LogP contribution in [0.5, 0.6) is 0 Å². The van der Waals surface area contributed by atoms with E-state index in [0.29, 0.717) is 12.0 Å². The van der Waals surface area contributed by atoms with Crippen LogP contribution in [0.25, 0.3) is 0 Å². The van der Waals surface area contributed by atoms with E-state index >= 15 is 0 Å². The highest BCUT2D eigenvalue weighted by Crippen LogP contribution is 2.29. The molecule has 0 aromatic carbocycles. The highest BCUT2D eigenvalue weighted by molar-refractivity contribution is 6.21. The van der Waals surface area contributed by atoms with E-state index in [0.717, 1.165) is 0 Å². The number of hydrogen-bond donors (Lipinski definition) is 0. The van der Waals surface area contributed by atoms with E-state index in [-0.39, 0.29) is 11.5 Å². The van der Waals surface area contributed by atoms with Crippen molar-refractivity contribution in [2.45, 2.75) is 38.4 Å². The lowest BCUT2D eigenvalue weighted by atomic mass is 10.0. The SMILES string of the molecule is C[C@@H]1[C@@H](Cl)[C@@H](C)O[C@H]1C. The zero-order valence-electron chi connectivity index (χ0n) is 6.10. The Morgan fingerprint density at radius 1 is 1.11 bits per heavy atom. The first-order chi connectivity index (χ1) is 4.13. The van der Waals surface area contributed by atoms with Gasteiger partial charge in [-0.05, 0) is 13.8 Å². The smallest absolute Gasteiger partial charge is 0.0717 e. The van der Waals surface area contributed by atoms with Crippen LogP contribution < -0.4 is 0 Å². The molecule has 1 aliphatic rings. The first-order valence-corrected chi connectivity index (χ1v) is 3.86. The molecule has 0 aliphatic carbocycles. The van der Waals surface area contributed by atoms with Crippen molar-refractivity contribution in [1.82, 2.24) is 0 Å². The average Bonchev–Trinajstić information content (AvgIpc) is 1.98. The third-order valence-corrected chi connectivity index (χ3v) is 2.87. The van der Waals surface area contributed by atoms with E-state index in [1.807, 2.05) is 6.92 Å². The van der Waals surface area contributed by atoms with E-state index in [4.69, 9.17) is 16.3 Å². The summed E-state index contributed by atoms with van der Waals surface area (Å²) < 4.78 is 5.45.